The normalized spacial score (nSPS) is 16.5. The van der Waals surface area contributed by atoms with E-state index in [-0.39, 0.29) is 0 Å². The Balaban J connectivity index is 1.85. The average Bonchev–Trinajstić information content (AvgIpc) is 2.56. The first-order valence-corrected chi connectivity index (χ1v) is 8.14. The van der Waals surface area contributed by atoms with Crippen molar-refractivity contribution in [2.45, 2.75) is 26.4 Å². The van der Waals surface area contributed by atoms with Gasteiger partial charge >= 0.3 is 0 Å². The van der Waals surface area contributed by atoms with Crippen LogP contribution in [0.25, 0.3) is 0 Å². The van der Waals surface area contributed by atoms with Crippen LogP contribution in [0.2, 0.25) is 0 Å². The van der Waals surface area contributed by atoms with E-state index in [9.17, 15) is 0 Å². The largest absolute Gasteiger partial charge is 0.379 e. The fourth-order valence-corrected chi connectivity index (χ4v) is 2.51. The fraction of sp³-hybridized carbons (Fsp3) is 0.588. The van der Waals surface area contributed by atoms with Crippen LogP contribution in [-0.4, -0.2) is 50.8 Å². The lowest BCUT2D eigenvalue weighted by Gasteiger charge is -2.26. The van der Waals surface area contributed by atoms with Gasteiger partial charge in [0, 0.05) is 39.8 Å². The van der Waals surface area contributed by atoms with E-state index in [2.05, 4.69) is 51.7 Å². The molecule has 2 N–H and O–H groups in total. The molecular formula is C17H28N4O. The van der Waals surface area contributed by atoms with Crippen molar-refractivity contribution in [3.8, 4) is 0 Å². The Morgan fingerprint density at radius 2 is 2.00 bits per heavy atom. The summed E-state index contributed by atoms with van der Waals surface area (Å²) in [6, 6.07) is 8.76. The van der Waals surface area contributed by atoms with Crippen molar-refractivity contribution in [1.82, 2.24) is 15.5 Å². The van der Waals surface area contributed by atoms with Crippen LogP contribution in [0.5, 0.6) is 0 Å². The minimum atomic E-state index is 0.792. The van der Waals surface area contributed by atoms with Crippen molar-refractivity contribution in [1.29, 1.82) is 0 Å². The van der Waals surface area contributed by atoms with Crippen molar-refractivity contribution < 1.29 is 4.74 Å². The SMILES string of the molecule is CCCNC(=NC)NCc1cccc(CN2CCOCC2)c1. The number of hydrogen-bond acceptors (Lipinski definition) is 3. The molecule has 0 saturated carbocycles. The number of ether oxygens (including phenoxy) is 1. The molecule has 1 aromatic rings. The van der Waals surface area contributed by atoms with Gasteiger partial charge in [-0.1, -0.05) is 31.2 Å². The standard InChI is InChI=1S/C17H28N4O/c1-3-7-19-17(18-2)20-13-15-5-4-6-16(12-15)14-21-8-10-22-11-9-21/h4-6,12H,3,7-11,13-14H2,1-2H3,(H2,18,19,20). The van der Waals surface area contributed by atoms with Crippen LogP contribution in [-0.2, 0) is 17.8 Å². The number of rotatable bonds is 6. The maximum atomic E-state index is 5.40. The minimum absolute atomic E-state index is 0.792. The molecule has 1 fully saturated rings. The summed E-state index contributed by atoms with van der Waals surface area (Å²) in [5.41, 5.74) is 2.64. The Labute approximate surface area is 133 Å². The average molecular weight is 304 g/mol. The van der Waals surface area contributed by atoms with E-state index in [0.29, 0.717) is 0 Å². The lowest BCUT2D eigenvalue weighted by molar-refractivity contribution is 0.0342. The van der Waals surface area contributed by atoms with Gasteiger partial charge in [-0.2, -0.15) is 0 Å². The monoisotopic (exact) mass is 304 g/mol. The van der Waals surface area contributed by atoms with Gasteiger partial charge in [0.2, 0.25) is 0 Å². The first-order chi connectivity index (χ1) is 10.8. The molecule has 1 aromatic carbocycles. The lowest BCUT2D eigenvalue weighted by Crippen LogP contribution is -2.37. The molecule has 22 heavy (non-hydrogen) atoms. The van der Waals surface area contributed by atoms with E-state index in [0.717, 1.165) is 58.3 Å². The molecule has 0 atom stereocenters. The van der Waals surface area contributed by atoms with Crippen LogP contribution in [0.15, 0.2) is 29.3 Å². The van der Waals surface area contributed by atoms with Crippen molar-refractivity contribution in [3.63, 3.8) is 0 Å². The van der Waals surface area contributed by atoms with Crippen molar-refractivity contribution in [2.24, 2.45) is 4.99 Å². The highest BCUT2D eigenvalue weighted by molar-refractivity contribution is 5.79. The molecule has 1 heterocycles. The zero-order valence-electron chi connectivity index (χ0n) is 13.8. The molecule has 0 aliphatic carbocycles. The van der Waals surface area contributed by atoms with E-state index in [1.165, 1.54) is 11.1 Å². The molecule has 5 heteroatoms. The number of nitrogens with zero attached hydrogens (tertiary/aromatic N) is 2. The molecule has 0 radical (unpaired) electrons. The number of guanidine groups is 1. The molecule has 5 nitrogen and oxygen atoms in total. The predicted molar refractivity (Wildman–Crippen MR) is 91.0 cm³/mol. The first-order valence-electron chi connectivity index (χ1n) is 8.14. The van der Waals surface area contributed by atoms with Crippen molar-refractivity contribution in [2.75, 3.05) is 39.9 Å². The second kappa shape index (κ2) is 9.43. The Kier molecular flexibility index (Phi) is 7.19. The predicted octanol–water partition coefficient (Wildman–Crippen LogP) is 1.59. The first kappa shape index (κ1) is 16.8. The molecule has 1 aliphatic rings. The Bertz CT molecular complexity index is 469. The highest BCUT2D eigenvalue weighted by Crippen LogP contribution is 2.10. The van der Waals surface area contributed by atoms with Crippen LogP contribution < -0.4 is 10.6 Å². The quantitative estimate of drug-likeness (QED) is 0.619. The lowest BCUT2D eigenvalue weighted by atomic mass is 10.1. The number of benzene rings is 1. The van der Waals surface area contributed by atoms with E-state index < -0.39 is 0 Å². The number of morpholine rings is 1. The molecular weight excluding hydrogens is 276 g/mol. The Hall–Kier alpha value is -1.59. The maximum absolute atomic E-state index is 5.40. The van der Waals surface area contributed by atoms with Crippen LogP contribution in [0.3, 0.4) is 0 Å². The van der Waals surface area contributed by atoms with Crippen molar-refractivity contribution in [3.05, 3.63) is 35.4 Å². The summed E-state index contributed by atoms with van der Waals surface area (Å²) < 4.78 is 5.40. The van der Waals surface area contributed by atoms with Crippen LogP contribution >= 0.6 is 0 Å². The highest BCUT2D eigenvalue weighted by atomic mass is 16.5. The maximum Gasteiger partial charge on any atom is 0.191 e. The fourth-order valence-electron chi connectivity index (χ4n) is 2.51. The zero-order valence-corrected chi connectivity index (χ0v) is 13.8. The highest BCUT2D eigenvalue weighted by Gasteiger charge is 2.10. The van der Waals surface area contributed by atoms with Gasteiger partial charge in [-0.25, -0.2) is 0 Å². The smallest absolute Gasteiger partial charge is 0.191 e. The molecule has 1 aliphatic heterocycles. The zero-order chi connectivity index (χ0) is 15.6. The van der Waals surface area contributed by atoms with E-state index in [4.69, 9.17) is 4.74 Å². The van der Waals surface area contributed by atoms with Gasteiger partial charge in [0.1, 0.15) is 0 Å². The molecule has 0 amide bonds. The third-order valence-electron chi connectivity index (χ3n) is 3.73. The Morgan fingerprint density at radius 3 is 2.73 bits per heavy atom. The van der Waals surface area contributed by atoms with Crippen LogP contribution in [0, 0.1) is 0 Å². The molecule has 0 bridgehead atoms. The molecule has 0 unspecified atom stereocenters. The van der Waals surface area contributed by atoms with Gasteiger partial charge < -0.3 is 15.4 Å². The number of hydrogen-bond donors (Lipinski definition) is 2. The summed E-state index contributed by atoms with van der Waals surface area (Å²) in [6.07, 6.45) is 1.09. The summed E-state index contributed by atoms with van der Waals surface area (Å²) in [5, 5.41) is 6.64. The summed E-state index contributed by atoms with van der Waals surface area (Å²) in [4.78, 5) is 6.67. The third kappa shape index (κ3) is 5.66. The Morgan fingerprint density at radius 1 is 1.23 bits per heavy atom. The number of aliphatic imine (C=N–C) groups is 1. The van der Waals surface area contributed by atoms with Gasteiger partial charge in [0.15, 0.2) is 5.96 Å². The van der Waals surface area contributed by atoms with Gasteiger partial charge in [-0.15, -0.1) is 0 Å². The second-order valence-corrected chi connectivity index (χ2v) is 5.56. The van der Waals surface area contributed by atoms with Gasteiger partial charge in [-0.3, -0.25) is 9.89 Å². The van der Waals surface area contributed by atoms with Crippen molar-refractivity contribution >= 4 is 5.96 Å². The second-order valence-electron chi connectivity index (χ2n) is 5.56. The summed E-state index contributed by atoms with van der Waals surface area (Å²) in [6.45, 7) is 8.62. The van der Waals surface area contributed by atoms with E-state index in [1.807, 2.05) is 0 Å². The molecule has 2 rings (SSSR count). The van der Waals surface area contributed by atoms with Crippen LogP contribution in [0.1, 0.15) is 24.5 Å². The number of nitrogens with one attached hydrogen (secondary N) is 2. The third-order valence-corrected chi connectivity index (χ3v) is 3.73. The molecule has 0 spiro atoms. The molecule has 122 valence electrons. The topological polar surface area (TPSA) is 48.9 Å². The summed E-state index contributed by atoms with van der Waals surface area (Å²) in [5.74, 6) is 0.862. The van der Waals surface area contributed by atoms with E-state index in [1.54, 1.807) is 7.05 Å². The van der Waals surface area contributed by atoms with Gasteiger partial charge in [0.25, 0.3) is 0 Å². The van der Waals surface area contributed by atoms with Gasteiger partial charge in [0.05, 0.1) is 13.2 Å². The summed E-state index contributed by atoms with van der Waals surface area (Å²) >= 11 is 0. The summed E-state index contributed by atoms with van der Waals surface area (Å²) in [7, 11) is 1.81. The van der Waals surface area contributed by atoms with Crippen LogP contribution in [0.4, 0.5) is 0 Å². The molecule has 1 saturated heterocycles. The van der Waals surface area contributed by atoms with Gasteiger partial charge in [-0.05, 0) is 17.5 Å². The van der Waals surface area contributed by atoms with E-state index >= 15 is 0 Å². The molecule has 0 aromatic heterocycles. The minimum Gasteiger partial charge on any atom is -0.379 e.